The molecule has 0 bridgehead atoms. The summed E-state index contributed by atoms with van der Waals surface area (Å²) in [5.41, 5.74) is 33.3. The van der Waals surface area contributed by atoms with Crippen molar-refractivity contribution in [2.75, 3.05) is 23.9 Å². The van der Waals surface area contributed by atoms with Crippen molar-refractivity contribution in [2.45, 2.75) is 47.5 Å². The molecule has 0 radical (unpaired) electrons. The summed E-state index contributed by atoms with van der Waals surface area (Å²) in [6.07, 6.45) is 3.37. The van der Waals surface area contributed by atoms with Crippen LogP contribution in [-0.2, 0) is 16.2 Å². The molecule has 79 heavy (non-hydrogen) atoms. The zero-order chi connectivity index (χ0) is 51.9. The van der Waals surface area contributed by atoms with Crippen LogP contribution in [0.1, 0.15) is 91.9 Å². The van der Waals surface area contributed by atoms with Crippen LogP contribution < -0.4 is 9.80 Å². The highest BCUT2D eigenvalue weighted by molar-refractivity contribution is 5.98. The Balaban J connectivity index is 0.760. The molecule has 0 N–H and O–H groups in total. The Bertz CT molecular complexity index is 4290. The molecule has 18 rings (SSSR count). The Labute approximate surface area is 462 Å². The van der Waals surface area contributed by atoms with E-state index in [1.165, 1.54) is 139 Å². The standard InChI is InChI=1S/C77H56N2/c1-78(47-35-39-59-57-25-9-15-31-67(57)75(71(59)43-47)63-27-11-3-19-51(63)52-20-4-12-28-64(52)75)49-37-41-61-62-42-38-50(46-74(62)77(73(61)45-49)69-33-17-7-23-55(69)56-24-8-18-34-70(56)77)79(2)48-36-40-60-58-26-10-16-32-68(58)76(72(60)44-48)65-29-13-5-21-53(65)54-22-6-14-30-66(54)76/h3-37,39-41,43-45,50,62,74H,38,42,46H2,1-2H3. The van der Waals surface area contributed by atoms with Crippen molar-refractivity contribution in [1.82, 2.24) is 0 Å². The summed E-state index contributed by atoms with van der Waals surface area (Å²) in [6.45, 7) is 0. The lowest BCUT2D eigenvalue weighted by molar-refractivity contribution is 0.239. The predicted molar refractivity (Wildman–Crippen MR) is 324 cm³/mol. The largest absolute Gasteiger partial charge is 0.372 e. The minimum Gasteiger partial charge on any atom is -0.372 e. The van der Waals surface area contributed by atoms with Gasteiger partial charge in [0.15, 0.2) is 0 Å². The van der Waals surface area contributed by atoms with Gasteiger partial charge in [-0.05, 0) is 190 Å². The zero-order valence-electron chi connectivity index (χ0n) is 44.4. The maximum Gasteiger partial charge on any atom is 0.0726 e. The topological polar surface area (TPSA) is 6.48 Å². The number of rotatable bonds is 4. The van der Waals surface area contributed by atoms with Crippen LogP contribution in [-0.4, -0.2) is 20.1 Å². The van der Waals surface area contributed by atoms with Gasteiger partial charge in [-0.1, -0.05) is 212 Å². The van der Waals surface area contributed by atoms with Crippen molar-refractivity contribution in [1.29, 1.82) is 0 Å². The molecule has 1 fully saturated rings. The van der Waals surface area contributed by atoms with E-state index in [0.717, 1.165) is 19.3 Å². The summed E-state index contributed by atoms with van der Waals surface area (Å²) >= 11 is 0. The van der Waals surface area contributed by atoms with E-state index in [4.69, 9.17) is 0 Å². The summed E-state index contributed by atoms with van der Waals surface area (Å²) in [6, 6.07) is 96.6. The zero-order valence-corrected chi connectivity index (χ0v) is 44.4. The average molecular weight is 1010 g/mol. The van der Waals surface area contributed by atoms with Gasteiger partial charge in [-0.15, -0.1) is 0 Å². The fourth-order valence-electron chi connectivity index (χ4n) is 17.9. The number of hydrogen-bond acceptors (Lipinski definition) is 2. The molecule has 1 saturated carbocycles. The maximum atomic E-state index is 2.68. The Morgan fingerprint density at radius 2 is 0.620 bits per heavy atom. The van der Waals surface area contributed by atoms with Crippen LogP contribution in [0.25, 0.3) is 55.6 Å². The third kappa shape index (κ3) is 5.25. The van der Waals surface area contributed by atoms with E-state index in [-0.39, 0.29) is 10.8 Å². The Kier molecular flexibility index (Phi) is 8.70. The van der Waals surface area contributed by atoms with E-state index in [1.54, 1.807) is 0 Å². The molecule has 11 aromatic carbocycles. The second-order valence-corrected chi connectivity index (χ2v) is 23.8. The molecule has 0 amide bonds. The number of nitrogens with zero attached hydrogens (tertiary/aromatic N) is 2. The number of anilines is 3. The molecular weight excluding hydrogens is 953 g/mol. The number of benzene rings is 11. The van der Waals surface area contributed by atoms with Gasteiger partial charge in [0.2, 0.25) is 0 Å². The quantitative estimate of drug-likeness (QED) is 0.173. The van der Waals surface area contributed by atoms with Crippen LogP contribution in [0.3, 0.4) is 0 Å². The predicted octanol–water partition coefficient (Wildman–Crippen LogP) is 17.9. The molecule has 3 unspecified atom stereocenters. The van der Waals surface area contributed by atoms with Gasteiger partial charge in [-0.3, -0.25) is 0 Å². The van der Waals surface area contributed by atoms with Gasteiger partial charge < -0.3 is 9.80 Å². The fourth-order valence-corrected chi connectivity index (χ4v) is 17.9. The van der Waals surface area contributed by atoms with Crippen molar-refractivity contribution in [3.8, 4) is 55.6 Å². The van der Waals surface area contributed by atoms with Gasteiger partial charge in [-0.25, -0.2) is 0 Å². The van der Waals surface area contributed by atoms with Gasteiger partial charge >= 0.3 is 0 Å². The van der Waals surface area contributed by atoms with Gasteiger partial charge in [0.05, 0.1) is 16.2 Å². The number of hydrogen-bond donors (Lipinski definition) is 0. The van der Waals surface area contributed by atoms with Crippen LogP contribution in [0.5, 0.6) is 0 Å². The molecule has 3 spiro atoms. The number of fused-ring (bicyclic) bond motifs is 30. The minimum absolute atomic E-state index is 0.300. The van der Waals surface area contributed by atoms with Crippen LogP contribution in [0.4, 0.5) is 17.1 Å². The van der Waals surface area contributed by atoms with E-state index in [1.807, 2.05) is 0 Å². The maximum absolute atomic E-state index is 2.68. The first-order valence-corrected chi connectivity index (χ1v) is 28.7. The van der Waals surface area contributed by atoms with Crippen molar-refractivity contribution >= 4 is 17.1 Å². The second kappa shape index (κ2) is 15.6. The van der Waals surface area contributed by atoms with Gasteiger partial charge in [-0.2, -0.15) is 0 Å². The monoisotopic (exact) mass is 1010 g/mol. The molecule has 0 aliphatic heterocycles. The SMILES string of the molecule is CN(c1ccc2c(c1)C1(c3ccccc3-c3ccccc31)c1ccccc1-2)c1ccc2c(c1)C1(c3ccccc3-c3ccccc31)C1CC(N(C)c3ccc4c(c3)C3(c5ccccc5-c5ccccc53)c3ccccc3-4)CCC21. The first kappa shape index (κ1) is 44.0. The molecule has 2 heteroatoms. The lowest BCUT2D eigenvalue weighted by Gasteiger charge is -2.45. The summed E-state index contributed by atoms with van der Waals surface area (Å²) in [5.74, 6) is 0.803. The molecule has 0 aromatic heterocycles. The van der Waals surface area contributed by atoms with Gasteiger partial charge in [0.25, 0.3) is 0 Å². The average Bonchev–Trinajstić information content (AvgIpc) is 4.39. The Morgan fingerprint density at radius 3 is 1.04 bits per heavy atom. The Hall–Kier alpha value is -8.98. The van der Waals surface area contributed by atoms with E-state index in [2.05, 4.69) is 273 Å². The summed E-state index contributed by atoms with van der Waals surface area (Å²) < 4.78 is 0. The van der Waals surface area contributed by atoms with Crippen LogP contribution in [0.2, 0.25) is 0 Å². The summed E-state index contributed by atoms with van der Waals surface area (Å²) in [5, 5.41) is 0. The summed E-state index contributed by atoms with van der Waals surface area (Å²) in [4.78, 5) is 5.16. The van der Waals surface area contributed by atoms with E-state index in [9.17, 15) is 0 Å². The van der Waals surface area contributed by atoms with E-state index < -0.39 is 5.41 Å². The normalized spacial score (nSPS) is 19.0. The second-order valence-electron chi connectivity index (χ2n) is 23.8. The highest BCUT2D eigenvalue weighted by Gasteiger charge is 2.60. The molecule has 7 aliphatic rings. The first-order valence-electron chi connectivity index (χ1n) is 28.7. The summed E-state index contributed by atoms with van der Waals surface area (Å²) in [7, 11) is 4.70. The molecule has 3 atom stereocenters. The molecular formula is C77H56N2. The minimum atomic E-state index is -0.395. The van der Waals surface area contributed by atoms with Crippen molar-refractivity contribution in [2.24, 2.45) is 5.92 Å². The molecule has 0 saturated heterocycles. The highest BCUT2D eigenvalue weighted by atomic mass is 15.1. The smallest absolute Gasteiger partial charge is 0.0726 e. The molecule has 2 nitrogen and oxygen atoms in total. The third-order valence-corrected chi connectivity index (χ3v) is 20.9. The third-order valence-electron chi connectivity index (χ3n) is 20.9. The Morgan fingerprint density at radius 1 is 0.304 bits per heavy atom. The van der Waals surface area contributed by atoms with E-state index in [0.29, 0.717) is 17.9 Å². The molecule has 374 valence electrons. The molecule has 11 aromatic rings. The lowest BCUT2D eigenvalue weighted by Crippen LogP contribution is -2.43. The van der Waals surface area contributed by atoms with E-state index >= 15 is 0 Å². The molecule has 0 heterocycles. The van der Waals surface area contributed by atoms with Crippen LogP contribution in [0, 0.1) is 5.92 Å². The van der Waals surface area contributed by atoms with Crippen LogP contribution >= 0.6 is 0 Å². The van der Waals surface area contributed by atoms with Crippen molar-refractivity contribution in [3.63, 3.8) is 0 Å². The van der Waals surface area contributed by atoms with Gasteiger partial charge in [0, 0.05) is 37.2 Å². The highest BCUT2D eigenvalue weighted by Crippen LogP contribution is 2.69. The van der Waals surface area contributed by atoms with Crippen molar-refractivity contribution in [3.05, 3.63) is 315 Å². The van der Waals surface area contributed by atoms with Crippen LogP contribution in [0.15, 0.2) is 249 Å². The fraction of sp³-hybridized carbons (Fsp3) is 0.143. The molecule has 7 aliphatic carbocycles. The lowest BCUT2D eigenvalue weighted by atomic mass is 9.62. The van der Waals surface area contributed by atoms with Gasteiger partial charge in [0.1, 0.15) is 0 Å². The first-order chi connectivity index (χ1) is 39.0. The van der Waals surface area contributed by atoms with Crippen molar-refractivity contribution < 1.29 is 0 Å².